The number of ether oxygens (including phenoxy) is 1. The molecule has 1 N–H and O–H groups in total. The number of likely N-dealkylation sites (N-methyl/N-ethyl adjacent to an activating group) is 1. The fourth-order valence-corrected chi connectivity index (χ4v) is 1.86. The molecule has 0 aliphatic rings. The number of carbonyl (C=O) groups is 1. The van der Waals surface area contributed by atoms with Gasteiger partial charge in [0.2, 0.25) is 5.88 Å². The number of aldehydes is 1. The Morgan fingerprint density at radius 2 is 2.14 bits per heavy atom. The summed E-state index contributed by atoms with van der Waals surface area (Å²) in [6.07, 6.45) is 2.28. The van der Waals surface area contributed by atoms with E-state index in [0.717, 1.165) is 17.7 Å². The van der Waals surface area contributed by atoms with Crippen molar-refractivity contribution in [1.29, 1.82) is 0 Å². The van der Waals surface area contributed by atoms with Gasteiger partial charge in [0.1, 0.15) is 12.4 Å². The second-order valence-electron chi connectivity index (χ2n) is 4.90. The molecular formula is C16H18N2O3. The zero-order chi connectivity index (χ0) is 15.2. The van der Waals surface area contributed by atoms with Gasteiger partial charge in [-0.25, -0.2) is 4.98 Å². The highest BCUT2D eigenvalue weighted by molar-refractivity contribution is 5.82. The summed E-state index contributed by atoms with van der Waals surface area (Å²) in [6, 6.07) is 8.55. The minimum Gasteiger partial charge on any atom is -0.507 e. The maximum absolute atomic E-state index is 10.7. The van der Waals surface area contributed by atoms with Gasteiger partial charge in [0.25, 0.3) is 0 Å². The van der Waals surface area contributed by atoms with Crippen LogP contribution in [0, 0.1) is 0 Å². The van der Waals surface area contributed by atoms with Gasteiger partial charge in [-0.15, -0.1) is 0 Å². The number of rotatable bonds is 6. The second-order valence-corrected chi connectivity index (χ2v) is 4.90. The van der Waals surface area contributed by atoms with Gasteiger partial charge in [-0.2, -0.15) is 0 Å². The molecule has 0 bridgehead atoms. The van der Waals surface area contributed by atoms with Crippen molar-refractivity contribution in [2.75, 3.05) is 27.2 Å². The molecule has 1 heterocycles. The first-order valence-electron chi connectivity index (χ1n) is 6.63. The predicted octanol–water partition coefficient (Wildman–Crippen LogP) is 2.21. The van der Waals surface area contributed by atoms with Gasteiger partial charge in [0.05, 0.1) is 5.56 Å². The molecule has 0 aliphatic carbocycles. The van der Waals surface area contributed by atoms with Crippen molar-refractivity contribution in [3.63, 3.8) is 0 Å². The highest BCUT2D eigenvalue weighted by Gasteiger charge is 2.10. The first kappa shape index (κ1) is 15.0. The SMILES string of the molecule is CN(C)CCOc1ncccc1-c1ccc(C=O)c(O)c1. The lowest BCUT2D eigenvalue weighted by Gasteiger charge is -2.13. The van der Waals surface area contributed by atoms with Crippen molar-refractivity contribution in [3.8, 4) is 22.8 Å². The lowest BCUT2D eigenvalue weighted by molar-refractivity contribution is 0.112. The van der Waals surface area contributed by atoms with Crippen molar-refractivity contribution in [3.05, 3.63) is 42.1 Å². The molecule has 5 heteroatoms. The van der Waals surface area contributed by atoms with E-state index in [2.05, 4.69) is 4.98 Å². The largest absolute Gasteiger partial charge is 0.507 e. The minimum absolute atomic E-state index is 0.0504. The Balaban J connectivity index is 2.27. The second kappa shape index (κ2) is 6.85. The number of benzene rings is 1. The third-order valence-corrected chi connectivity index (χ3v) is 3.02. The van der Waals surface area contributed by atoms with Gasteiger partial charge >= 0.3 is 0 Å². The van der Waals surface area contributed by atoms with Crippen LogP contribution >= 0.6 is 0 Å². The molecule has 5 nitrogen and oxygen atoms in total. The number of phenols is 1. The fraction of sp³-hybridized carbons (Fsp3) is 0.250. The van der Waals surface area contributed by atoms with Crippen LogP contribution in [0.1, 0.15) is 10.4 Å². The number of aromatic nitrogens is 1. The van der Waals surface area contributed by atoms with Crippen LogP contribution < -0.4 is 4.74 Å². The molecule has 21 heavy (non-hydrogen) atoms. The Bertz CT molecular complexity index is 627. The molecule has 2 rings (SSSR count). The molecule has 0 atom stereocenters. The summed E-state index contributed by atoms with van der Waals surface area (Å²) in [5, 5.41) is 9.79. The first-order valence-corrected chi connectivity index (χ1v) is 6.63. The molecule has 0 saturated carbocycles. The van der Waals surface area contributed by atoms with Crippen LogP contribution in [0.5, 0.6) is 11.6 Å². The summed E-state index contributed by atoms with van der Waals surface area (Å²) < 4.78 is 5.69. The summed E-state index contributed by atoms with van der Waals surface area (Å²) in [5.41, 5.74) is 1.80. The molecule has 0 radical (unpaired) electrons. The smallest absolute Gasteiger partial charge is 0.221 e. The molecule has 0 unspecified atom stereocenters. The predicted molar refractivity (Wildman–Crippen MR) is 80.8 cm³/mol. The normalized spacial score (nSPS) is 10.6. The van der Waals surface area contributed by atoms with Gasteiger partial charge < -0.3 is 14.7 Å². The van der Waals surface area contributed by atoms with Crippen molar-refractivity contribution in [2.24, 2.45) is 0 Å². The molecule has 0 fully saturated rings. The number of hydrogen-bond acceptors (Lipinski definition) is 5. The monoisotopic (exact) mass is 286 g/mol. The third kappa shape index (κ3) is 3.79. The lowest BCUT2D eigenvalue weighted by atomic mass is 10.0. The molecule has 1 aromatic heterocycles. The molecule has 2 aromatic rings. The van der Waals surface area contributed by atoms with E-state index in [1.807, 2.05) is 25.1 Å². The third-order valence-electron chi connectivity index (χ3n) is 3.02. The van der Waals surface area contributed by atoms with Gasteiger partial charge in [-0.1, -0.05) is 6.07 Å². The van der Waals surface area contributed by atoms with E-state index in [0.29, 0.717) is 18.8 Å². The van der Waals surface area contributed by atoms with Crippen molar-refractivity contribution >= 4 is 6.29 Å². The van der Waals surface area contributed by atoms with Crippen molar-refractivity contribution in [1.82, 2.24) is 9.88 Å². The van der Waals surface area contributed by atoms with Crippen molar-refractivity contribution in [2.45, 2.75) is 0 Å². The molecule has 110 valence electrons. The Morgan fingerprint density at radius 3 is 2.81 bits per heavy atom. The van der Waals surface area contributed by atoms with Gasteiger partial charge in [-0.05, 0) is 43.9 Å². The Morgan fingerprint density at radius 1 is 1.33 bits per heavy atom. The van der Waals surface area contributed by atoms with Crippen LogP contribution in [-0.4, -0.2) is 48.5 Å². The summed E-state index contributed by atoms with van der Waals surface area (Å²) in [4.78, 5) is 17.0. The van der Waals surface area contributed by atoms with Crippen LogP contribution in [-0.2, 0) is 0 Å². The Kier molecular flexibility index (Phi) is 4.90. The number of nitrogens with zero attached hydrogens (tertiary/aromatic N) is 2. The van der Waals surface area contributed by atoms with E-state index in [1.165, 1.54) is 0 Å². The number of hydrogen-bond donors (Lipinski definition) is 1. The summed E-state index contributed by atoms with van der Waals surface area (Å²) >= 11 is 0. The first-order chi connectivity index (χ1) is 10.1. The van der Waals surface area contributed by atoms with Crippen LogP contribution in [0.25, 0.3) is 11.1 Å². The molecule has 0 aliphatic heterocycles. The summed E-state index contributed by atoms with van der Waals surface area (Å²) in [7, 11) is 3.94. The van der Waals surface area contributed by atoms with Crippen LogP contribution in [0.15, 0.2) is 36.5 Å². The molecule has 0 amide bonds. The van der Waals surface area contributed by atoms with Crippen LogP contribution in [0.4, 0.5) is 0 Å². The Hall–Kier alpha value is -2.40. The zero-order valence-electron chi connectivity index (χ0n) is 12.1. The summed E-state index contributed by atoms with van der Waals surface area (Å²) in [5.74, 6) is 0.461. The fourth-order valence-electron chi connectivity index (χ4n) is 1.86. The average molecular weight is 286 g/mol. The van der Waals surface area contributed by atoms with E-state index < -0.39 is 0 Å². The topological polar surface area (TPSA) is 62.7 Å². The minimum atomic E-state index is -0.0504. The zero-order valence-corrected chi connectivity index (χ0v) is 12.1. The maximum atomic E-state index is 10.7. The maximum Gasteiger partial charge on any atom is 0.221 e. The molecule has 1 aromatic carbocycles. The number of aromatic hydroxyl groups is 1. The van der Waals surface area contributed by atoms with Crippen LogP contribution in [0.3, 0.4) is 0 Å². The summed E-state index contributed by atoms with van der Waals surface area (Å²) in [6.45, 7) is 1.31. The highest BCUT2D eigenvalue weighted by atomic mass is 16.5. The van der Waals surface area contributed by atoms with E-state index in [4.69, 9.17) is 4.74 Å². The van der Waals surface area contributed by atoms with Crippen LogP contribution in [0.2, 0.25) is 0 Å². The highest BCUT2D eigenvalue weighted by Crippen LogP contribution is 2.31. The standard InChI is InChI=1S/C16H18N2O3/c1-18(2)8-9-21-16-14(4-3-7-17-16)12-5-6-13(11-19)15(20)10-12/h3-7,10-11,20H,8-9H2,1-2H3. The van der Waals surface area contributed by atoms with E-state index in [9.17, 15) is 9.90 Å². The van der Waals surface area contributed by atoms with E-state index in [-0.39, 0.29) is 11.3 Å². The quantitative estimate of drug-likeness (QED) is 0.825. The van der Waals surface area contributed by atoms with E-state index in [1.54, 1.807) is 30.5 Å². The number of phenolic OH excluding ortho intramolecular Hbond substituents is 1. The average Bonchev–Trinajstić information content (AvgIpc) is 2.47. The van der Waals surface area contributed by atoms with Gasteiger partial charge in [0, 0.05) is 18.3 Å². The number of carbonyl (C=O) groups excluding carboxylic acids is 1. The molecule has 0 saturated heterocycles. The number of pyridine rings is 1. The molecular weight excluding hydrogens is 268 g/mol. The lowest BCUT2D eigenvalue weighted by Crippen LogP contribution is -2.19. The van der Waals surface area contributed by atoms with E-state index >= 15 is 0 Å². The van der Waals surface area contributed by atoms with Gasteiger partial charge in [-0.3, -0.25) is 4.79 Å². The van der Waals surface area contributed by atoms with Gasteiger partial charge in [0.15, 0.2) is 6.29 Å². The Labute approximate surface area is 123 Å². The van der Waals surface area contributed by atoms with Crippen molar-refractivity contribution < 1.29 is 14.6 Å². The molecule has 0 spiro atoms.